The predicted octanol–water partition coefficient (Wildman–Crippen LogP) is 3.84. The molecule has 1 aromatic rings. The van der Waals surface area contributed by atoms with Crippen molar-refractivity contribution >= 4 is 5.91 Å². The van der Waals surface area contributed by atoms with Gasteiger partial charge in [0.15, 0.2) is 0 Å². The predicted molar refractivity (Wildman–Crippen MR) is 85.8 cm³/mol. The molecule has 1 saturated heterocycles. The number of carbonyl (C=O) groups is 1. The van der Waals surface area contributed by atoms with Gasteiger partial charge in [0.05, 0.1) is 5.56 Å². The standard InChI is InChI=1S/C18H23F3N2O/c19-18(20,21)14-6-4-5-13(11-14)17(24)22-15-9-10-23(12-15)16-7-2-1-3-8-16/h4-6,11,15-16H,1-3,7-10,12H2,(H,22,24). The second kappa shape index (κ2) is 7.13. The summed E-state index contributed by atoms with van der Waals surface area (Å²) in [5.41, 5.74) is -0.716. The summed E-state index contributed by atoms with van der Waals surface area (Å²) in [4.78, 5) is 14.7. The molecule has 0 bridgehead atoms. The Kier molecular flexibility index (Phi) is 5.13. The van der Waals surface area contributed by atoms with Gasteiger partial charge in [0, 0.05) is 30.7 Å². The molecule has 1 atom stereocenters. The Hall–Kier alpha value is -1.56. The van der Waals surface area contributed by atoms with Crippen LogP contribution in [0.25, 0.3) is 0 Å². The summed E-state index contributed by atoms with van der Waals surface area (Å²) in [6.07, 6.45) is 2.70. The van der Waals surface area contributed by atoms with E-state index in [0.717, 1.165) is 31.6 Å². The SMILES string of the molecule is O=C(NC1CCN(C2CCCCC2)C1)c1cccc(C(F)(F)F)c1. The number of halogens is 3. The summed E-state index contributed by atoms with van der Waals surface area (Å²) in [7, 11) is 0. The quantitative estimate of drug-likeness (QED) is 0.907. The first-order valence-corrected chi connectivity index (χ1v) is 8.65. The Morgan fingerprint density at radius 3 is 2.58 bits per heavy atom. The first-order chi connectivity index (χ1) is 11.4. The summed E-state index contributed by atoms with van der Waals surface area (Å²) in [6.45, 7) is 1.76. The third kappa shape index (κ3) is 4.09. The number of alkyl halides is 3. The maximum atomic E-state index is 12.8. The van der Waals surface area contributed by atoms with Gasteiger partial charge in [-0.2, -0.15) is 13.2 Å². The van der Waals surface area contributed by atoms with Crippen molar-refractivity contribution in [2.45, 2.75) is 56.8 Å². The van der Waals surface area contributed by atoms with E-state index < -0.39 is 17.6 Å². The lowest BCUT2D eigenvalue weighted by Gasteiger charge is -2.31. The van der Waals surface area contributed by atoms with Crippen LogP contribution < -0.4 is 5.32 Å². The van der Waals surface area contributed by atoms with E-state index in [0.29, 0.717) is 6.04 Å². The van der Waals surface area contributed by atoms with Crippen LogP contribution in [0.5, 0.6) is 0 Å². The molecule has 1 saturated carbocycles. The van der Waals surface area contributed by atoms with Gasteiger partial charge >= 0.3 is 6.18 Å². The fraction of sp³-hybridized carbons (Fsp3) is 0.611. The van der Waals surface area contributed by atoms with Gasteiger partial charge in [0.1, 0.15) is 0 Å². The average molecular weight is 340 g/mol. The molecule has 24 heavy (non-hydrogen) atoms. The number of nitrogens with one attached hydrogen (secondary N) is 1. The van der Waals surface area contributed by atoms with Crippen LogP contribution in [0.3, 0.4) is 0 Å². The van der Waals surface area contributed by atoms with E-state index in [1.807, 2.05) is 0 Å². The number of rotatable bonds is 3. The second-order valence-corrected chi connectivity index (χ2v) is 6.82. The highest BCUT2D eigenvalue weighted by atomic mass is 19.4. The van der Waals surface area contributed by atoms with Crippen LogP contribution in [-0.2, 0) is 6.18 Å². The van der Waals surface area contributed by atoms with E-state index in [4.69, 9.17) is 0 Å². The molecule has 0 radical (unpaired) electrons. The van der Waals surface area contributed by atoms with Gasteiger partial charge < -0.3 is 5.32 Å². The average Bonchev–Trinajstić information content (AvgIpc) is 3.03. The van der Waals surface area contributed by atoms with E-state index in [-0.39, 0.29) is 11.6 Å². The summed E-state index contributed by atoms with van der Waals surface area (Å²) < 4.78 is 38.3. The van der Waals surface area contributed by atoms with Gasteiger partial charge in [-0.05, 0) is 37.5 Å². The number of amides is 1. The fourth-order valence-electron chi connectivity index (χ4n) is 3.79. The molecule has 6 heteroatoms. The number of carbonyl (C=O) groups excluding carboxylic acids is 1. The highest BCUT2D eigenvalue weighted by Crippen LogP contribution is 2.30. The minimum atomic E-state index is -4.43. The lowest BCUT2D eigenvalue weighted by atomic mass is 9.94. The van der Waals surface area contributed by atoms with Crippen LogP contribution in [0, 0.1) is 0 Å². The topological polar surface area (TPSA) is 32.3 Å². The third-order valence-corrected chi connectivity index (χ3v) is 5.10. The van der Waals surface area contributed by atoms with Gasteiger partial charge in [-0.25, -0.2) is 0 Å². The molecule has 1 aromatic carbocycles. The van der Waals surface area contributed by atoms with Crippen molar-refractivity contribution < 1.29 is 18.0 Å². The van der Waals surface area contributed by atoms with Crippen molar-refractivity contribution in [3.63, 3.8) is 0 Å². The van der Waals surface area contributed by atoms with Crippen molar-refractivity contribution in [3.05, 3.63) is 35.4 Å². The molecule has 2 fully saturated rings. The highest BCUT2D eigenvalue weighted by molar-refractivity contribution is 5.94. The van der Waals surface area contributed by atoms with Crippen LogP contribution in [0.1, 0.15) is 54.4 Å². The zero-order valence-corrected chi connectivity index (χ0v) is 13.6. The first-order valence-electron chi connectivity index (χ1n) is 8.65. The normalized spacial score (nSPS) is 23.4. The number of hydrogen-bond acceptors (Lipinski definition) is 2. The third-order valence-electron chi connectivity index (χ3n) is 5.10. The molecule has 3 rings (SSSR count). The molecule has 1 unspecified atom stereocenters. The van der Waals surface area contributed by atoms with Gasteiger partial charge in [0.25, 0.3) is 5.91 Å². The molecule has 1 aliphatic heterocycles. The molecule has 2 aliphatic rings. The Bertz CT molecular complexity index is 582. The van der Waals surface area contributed by atoms with E-state index in [1.54, 1.807) is 0 Å². The van der Waals surface area contributed by atoms with Crippen LogP contribution in [0.2, 0.25) is 0 Å². The van der Waals surface area contributed by atoms with Crippen LogP contribution in [0.15, 0.2) is 24.3 Å². The highest BCUT2D eigenvalue weighted by Gasteiger charge is 2.32. The van der Waals surface area contributed by atoms with Gasteiger partial charge in [-0.15, -0.1) is 0 Å². The van der Waals surface area contributed by atoms with Crippen molar-refractivity contribution in [1.82, 2.24) is 10.2 Å². The summed E-state index contributed by atoms with van der Waals surface area (Å²) in [6, 6.07) is 5.24. The molecule has 1 amide bonds. The summed E-state index contributed by atoms with van der Waals surface area (Å²) in [5.74, 6) is -0.420. The molecule has 0 aromatic heterocycles. The monoisotopic (exact) mass is 340 g/mol. The number of benzene rings is 1. The van der Waals surface area contributed by atoms with E-state index in [2.05, 4.69) is 10.2 Å². The van der Waals surface area contributed by atoms with Crippen LogP contribution in [0.4, 0.5) is 13.2 Å². The van der Waals surface area contributed by atoms with Gasteiger partial charge in [0.2, 0.25) is 0 Å². The molecule has 132 valence electrons. The molecular weight excluding hydrogens is 317 g/mol. The smallest absolute Gasteiger partial charge is 0.348 e. The van der Waals surface area contributed by atoms with Crippen molar-refractivity contribution in [1.29, 1.82) is 0 Å². The Balaban J connectivity index is 1.57. The Morgan fingerprint density at radius 2 is 1.88 bits per heavy atom. The second-order valence-electron chi connectivity index (χ2n) is 6.82. The summed E-state index contributed by atoms with van der Waals surface area (Å²) in [5, 5.41) is 2.89. The lowest BCUT2D eigenvalue weighted by Crippen LogP contribution is -2.40. The minimum Gasteiger partial charge on any atom is -0.348 e. The van der Waals surface area contributed by atoms with Gasteiger partial charge in [-0.1, -0.05) is 25.3 Å². The first kappa shape index (κ1) is 17.3. The number of likely N-dealkylation sites (tertiary alicyclic amines) is 1. The van der Waals surface area contributed by atoms with E-state index >= 15 is 0 Å². The fourth-order valence-corrected chi connectivity index (χ4v) is 3.79. The Morgan fingerprint density at radius 1 is 1.12 bits per heavy atom. The molecule has 1 N–H and O–H groups in total. The molecule has 1 aliphatic carbocycles. The summed E-state index contributed by atoms with van der Waals surface area (Å²) >= 11 is 0. The maximum absolute atomic E-state index is 12.8. The molecule has 0 spiro atoms. The number of nitrogens with zero attached hydrogens (tertiary/aromatic N) is 1. The van der Waals surface area contributed by atoms with Crippen molar-refractivity contribution in [2.75, 3.05) is 13.1 Å². The molecular formula is C18H23F3N2O. The minimum absolute atomic E-state index is 0.0222. The molecule has 3 nitrogen and oxygen atoms in total. The van der Waals surface area contributed by atoms with Crippen LogP contribution >= 0.6 is 0 Å². The van der Waals surface area contributed by atoms with Gasteiger partial charge in [-0.3, -0.25) is 9.69 Å². The zero-order chi connectivity index (χ0) is 17.2. The van der Waals surface area contributed by atoms with Crippen molar-refractivity contribution in [3.8, 4) is 0 Å². The lowest BCUT2D eigenvalue weighted by molar-refractivity contribution is -0.137. The largest absolute Gasteiger partial charge is 0.416 e. The number of hydrogen-bond donors (Lipinski definition) is 1. The van der Waals surface area contributed by atoms with Crippen LogP contribution in [-0.4, -0.2) is 36.0 Å². The Labute approximate surface area is 140 Å². The van der Waals surface area contributed by atoms with Crippen molar-refractivity contribution in [2.24, 2.45) is 0 Å². The van der Waals surface area contributed by atoms with E-state index in [9.17, 15) is 18.0 Å². The zero-order valence-electron chi connectivity index (χ0n) is 13.6. The maximum Gasteiger partial charge on any atom is 0.416 e. The van der Waals surface area contributed by atoms with E-state index in [1.165, 1.54) is 44.2 Å². The molecule has 1 heterocycles.